The van der Waals surface area contributed by atoms with Crippen molar-refractivity contribution in [2.24, 2.45) is 11.3 Å². The smallest absolute Gasteiger partial charge is 0.0314 e. The fraction of sp³-hybridized carbons (Fsp3) is 0.765. The van der Waals surface area contributed by atoms with E-state index in [1.807, 2.05) is 11.3 Å². The van der Waals surface area contributed by atoms with E-state index in [1.54, 1.807) is 0 Å². The zero-order valence-electron chi connectivity index (χ0n) is 13.3. The Hall–Kier alpha value is 0.140. The van der Waals surface area contributed by atoms with Crippen molar-refractivity contribution in [1.82, 2.24) is 5.32 Å². The van der Waals surface area contributed by atoms with Gasteiger partial charge in [-0.2, -0.15) is 0 Å². The first-order chi connectivity index (χ1) is 9.42. The van der Waals surface area contributed by atoms with E-state index < -0.39 is 0 Å². The van der Waals surface area contributed by atoms with Crippen LogP contribution in [0.5, 0.6) is 0 Å². The molecule has 1 aromatic rings. The normalized spacial score (nSPS) is 24.1. The molecule has 1 aliphatic rings. The number of thiophene rings is 1. The van der Waals surface area contributed by atoms with Crippen LogP contribution in [0.3, 0.4) is 0 Å². The van der Waals surface area contributed by atoms with Crippen molar-refractivity contribution in [3.8, 4) is 0 Å². The Balaban J connectivity index is 1.77. The van der Waals surface area contributed by atoms with E-state index >= 15 is 0 Å². The first kappa shape index (κ1) is 16.5. The van der Waals surface area contributed by atoms with Crippen molar-refractivity contribution >= 4 is 27.3 Å². The molecular formula is C17H28BrNS. The van der Waals surface area contributed by atoms with Crippen LogP contribution in [0, 0.1) is 18.3 Å². The Kier molecular flexibility index (Phi) is 5.72. The Morgan fingerprint density at radius 3 is 2.45 bits per heavy atom. The summed E-state index contributed by atoms with van der Waals surface area (Å²) in [6.45, 7) is 10.4. The maximum absolute atomic E-state index is 3.76. The van der Waals surface area contributed by atoms with E-state index in [0.29, 0.717) is 5.41 Å². The van der Waals surface area contributed by atoms with E-state index in [-0.39, 0.29) is 0 Å². The van der Waals surface area contributed by atoms with E-state index in [9.17, 15) is 0 Å². The summed E-state index contributed by atoms with van der Waals surface area (Å²) in [5.74, 6) is 0.920. The lowest BCUT2D eigenvalue weighted by Crippen LogP contribution is -2.36. The van der Waals surface area contributed by atoms with Gasteiger partial charge in [0.05, 0.1) is 0 Å². The molecule has 0 aliphatic heterocycles. The Morgan fingerprint density at radius 1 is 1.30 bits per heavy atom. The number of halogens is 1. The zero-order chi connectivity index (χ0) is 14.8. The molecule has 20 heavy (non-hydrogen) atoms. The summed E-state index contributed by atoms with van der Waals surface area (Å²) in [7, 11) is 0. The van der Waals surface area contributed by atoms with E-state index in [0.717, 1.165) is 18.5 Å². The molecule has 3 heteroatoms. The van der Waals surface area contributed by atoms with Crippen LogP contribution in [0.15, 0.2) is 10.5 Å². The molecule has 1 saturated carbocycles. The second-order valence-corrected chi connectivity index (χ2v) is 9.08. The Morgan fingerprint density at radius 2 is 1.95 bits per heavy atom. The lowest BCUT2D eigenvalue weighted by molar-refractivity contribution is 0.137. The quantitative estimate of drug-likeness (QED) is 0.691. The van der Waals surface area contributed by atoms with Gasteiger partial charge in [-0.05, 0) is 65.9 Å². The molecule has 1 fully saturated rings. The van der Waals surface area contributed by atoms with Gasteiger partial charge in [-0.25, -0.2) is 0 Å². The fourth-order valence-electron chi connectivity index (χ4n) is 3.22. The number of nitrogens with one attached hydrogen (secondary N) is 1. The van der Waals surface area contributed by atoms with Crippen LogP contribution in [0.1, 0.15) is 62.6 Å². The van der Waals surface area contributed by atoms with Crippen molar-refractivity contribution in [3.05, 3.63) is 20.3 Å². The molecule has 0 amide bonds. The molecule has 0 spiro atoms. The third-order valence-corrected chi connectivity index (χ3v) is 7.35. The summed E-state index contributed by atoms with van der Waals surface area (Å²) in [5.41, 5.74) is 0.528. The third-order valence-electron chi connectivity index (χ3n) is 5.22. The number of rotatable bonds is 5. The Bertz CT molecular complexity index is 411. The minimum absolute atomic E-state index is 0.528. The minimum Gasteiger partial charge on any atom is -0.309 e. The average molecular weight is 358 g/mol. The molecule has 1 aliphatic carbocycles. The van der Waals surface area contributed by atoms with Crippen LogP contribution >= 0.6 is 27.3 Å². The van der Waals surface area contributed by atoms with E-state index in [4.69, 9.17) is 0 Å². The van der Waals surface area contributed by atoms with E-state index in [2.05, 4.69) is 55.0 Å². The van der Waals surface area contributed by atoms with Crippen LogP contribution in [0.4, 0.5) is 0 Å². The SMILES string of the molecule is CCC(C)(C)C1CCC(NCc2cc(Br)c(C)s2)CC1. The molecule has 0 saturated heterocycles. The van der Waals surface area contributed by atoms with Gasteiger partial charge < -0.3 is 5.32 Å². The van der Waals surface area contributed by atoms with Crippen LogP contribution in [-0.2, 0) is 6.54 Å². The topological polar surface area (TPSA) is 12.0 Å². The number of aryl methyl sites for hydroxylation is 1. The highest BCUT2D eigenvalue weighted by Gasteiger charge is 2.31. The summed E-state index contributed by atoms with van der Waals surface area (Å²) in [6.07, 6.45) is 6.79. The molecule has 0 unspecified atom stereocenters. The van der Waals surface area contributed by atoms with Gasteiger partial charge in [0, 0.05) is 26.8 Å². The van der Waals surface area contributed by atoms with E-state index in [1.165, 1.54) is 46.3 Å². The van der Waals surface area contributed by atoms with Crippen molar-refractivity contribution in [2.45, 2.75) is 72.4 Å². The summed E-state index contributed by atoms with van der Waals surface area (Å²) in [6, 6.07) is 2.99. The third kappa shape index (κ3) is 4.08. The second-order valence-electron chi connectivity index (χ2n) is 6.89. The highest BCUT2D eigenvalue weighted by atomic mass is 79.9. The molecular weight excluding hydrogens is 330 g/mol. The highest BCUT2D eigenvalue weighted by Crippen LogP contribution is 2.40. The summed E-state index contributed by atoms with van der Waals surface area (Å²) >= 11 is 5.50. The van der Waals surface area contributed by atoms with Crippen molar-refractivity contribution in [2.75, 3.05) is 0 Å². The van der Waals surface area contributed by atoms with Gasteiger partial charge in [0.1, 0.15) is 0 Å². The number of hydrogen-bond donors (Lipinski definition) is 1. The monoisotopic (exact) mass is 357 g/mol. The largest absolute Gasteiger partial charge is 0.309 e. The molecule has 1 aromatic heterocycles. The first-order valence-corrected chi connectivity index (χ1v) is 9.51. The van der Waals surface area contributed by atoms with Crippen LogP contribution in [0.25, 0.3) is 0 Å². The first-order valence-electron chi connectivity index (χ1n) is 7.90. The standard InChI is InChI=1S/C17H28BrNS/c1-5-17(3,4)13-6-8-14(9-7-13)19-11-15-10-16(18)12(2)20-15/h10,13-14,19H,5-9,11H2,1-4H3. The van der Waals surface area contributed by atoms with Gasteiger partial charge >= 0.3 is 0 Å². The predicted molar refractivity (Wildman–Crippen MR) is 93.4 cm³/mol. The number of hydrogen-bond acceptors (Lipinski definition) is 2. The lowest BCUT2D eigenvalue weighted by atomic mass is 9.69. The van der Waals surface area contributed by atoms with Gasteiger partial charge in [-0.3, -0.25) is 0 Å². The van der Waals surface area contributed by atoms with Crippen molar-refractivity contribution in [3.63, 3.8) is 0 Å². The second kappa shape index (κ2) is 6.93. The predicted octanol–water partition coefficient (Wildman–Crippen LogP) is 5.90. The maximum atomic E-state index is 3.76. The molecule has 2 rings (SSSR count). The Labute approximate surface area is 136 Å². The van der Waals surface area contributed by atoms with Crippen LogP contribution in [-0.4, -0.2) is 6.04 Å². The maximum Gasteiger partial charge on any atom is 0.0314 e. The summed E-state index contributed by atoms with van der Waals surface area (Å²) in [4.78, 5) is 2.83. The highest BCUT2D eigenvalue weighted by molar-refractivity contribution is 9.10. The average Bonchev–Trinajstić information content (AvgIpc) is 2.76. The summed E-state index contributed by atoms with van der Waals surface area (Å²) < 4.78 is 1.26. The van der Waals surface area contributed by atoms with Crippen LogP contribution < -0.4 is 5.32 Å². The van der Waals surface area contributed by atoms with Gasteiger partial charge in [0.2, 0.25) is 0 Å². The molecule has 1 nitrogen and oxygen atoms in total. The van der Waals surface area contributed by atoms with Gasteiger partial charge in [0.25, 0.3) is 0 Å². The summed E-state index contributed by atoms with van der Waals surface area (Å²) in [5, 5.41) is 3.76. The van der Waals surface area contributed by atoms with Crippen molar-refractivity contribution in [1.29, 1.82) is 0 Å². The zero-order valence-corrected chi connectivity index (χ0v) is 15.7. The molecule has 0 bridgehead atoms. The van der Waals surface area contributed by atoms with Crippen molar-refractivity contribution < 1.29 is 0 Å². The van der Waals surface area contributed by atoms with Crippen LogP contribution in [0.2, 0.25) is 0 Å². The fourth-order valence-corrected chi connectivity index (χ4v) is 4.77. The minimum atomic E-state index is 0.528. The molecule has 0 radical (unpaired) electrons. The molecule has 0 aromatic carbocycles. The molecule has 1 heterocycles. The molecule has 1 N–H and O–H groups in total. The molecule has 0 atom stereocenters. The lowest BCUT2D eigenvalue weighted by Gasteiger charge is -2.39. The molecule has 114 valence electrons. The van der Waals surface area contributed by atoms with Gasteiger partial charge in [-0.15, -0.1) is 11.3 Å². The van der Waals surface area contributed by atoms with Gasteiger partial charge in [-0.1, -0.05) is 27.2 Å². The van der Waals surface area contributed by atoms with Gasteiger partial charge in [0.15, 0.2) is 0 Å².